The van der Waals surface area contributed by atoms with Crippen LogP contribution in [0.1, 0.15) is 11.3 Å². The molecular formula is C13H14ClNO2. The van der Waals surface area contributed by atoms with Crippen molar-refractivity contribution < 1.29 is 9.15 Å². The van der Waals surface area contributed by atoms with Gasteiger partial charge in [-0.1, -0.05) is 11.6 Å². The molecule has 0 unspecified atom stereocenters. The smallest absolute Gasteiger partial charge is 0.137 e. The van der Waals surface area contributed by atoms with Gasteiger partial charge in [-0.25, -0.2) is 0 Å². The summed E-state index contributed by atoms with van der Waals surface area (Å²) in [6.45, 7) is 2.66. The van der Waals surface area contributed by atoms with E-state index in [2.05, 4.69) is 5.32 Å². The Kier molecular flexibility index (Phi) is 3.59. The lowest BCUT2D eigenvalue weighted by Crippen LogP contribution is -1.99. The second kappa shape index (κ2) is 5.15. The quantitative estimate of drug-likeness (QED) is 0.896. The van der Waals surface area contributed by atoms with Crippen molar-refractivity contribution in [3.63, 3.8) is 0 Å². The van der Waals surface area contributed by atoms with Crippen molar-refractivity contribution in [1.29, 1.82) is 0 Å². The third kappa shape index (κ3) is 2.74. The Morgan fingerprint density at radius 2 is 2.18 bits per heavy atom. The number of aryl methyl sites for hydroxylation is 1. The zero-order valence-electron chi connectivity index (χ0n) is 9.79. The fourth-order valence-electron chi connectivity index (χ4n) is 1.54. The summed E-state index contributed by atoms with van der Waals surface area (Å²) in [6, 6.07) is 7.53. The summed E-state index contributed by atoms with van der Waals surface area (Å²) in [5.41, 5.74) is 2.07. The number of anilines is 1. The molecule has 90 valence electrons. The molecule has 0 aliphatic carbocycles. The molecule has 4 heteroatoms. The van der Waals surface area contributed by atoms with Gasteiger partial charge in [0, 0.05) is 5.69 Å². The minimum absolute atomic E-state index is 0.591. The Labute approximate surface area is 105 Å². The van der Waals surface area contributed by atoms with Gasteiger partial charge in [-0.05, 0) is 36.8 Å². The summed E-state index contributed by atoms with van der Waals surface area (Å²) in [5, 5.41) is 3.84. The molecule has 0 aliphatic rings. The fourth-order valence-corrected chi connectivity index (χ4v) is 1.80. The highest BCUT2D eigenvalue weighted by atomic mass is 35.5. The Bertz CT molecular complexity index is 508. The van der Waals surface area contributed by atoms with Crippen molar-refractivity contribution in [2.45, 2.75) is 13.5 Å². The third-order valence-corrected chi connectivity index (χ3v) is 2.87. The van der Waals surface area contributed by atoms with Crippen LogP contribution in [-0.2, 0) is 6.54 Å². The minimum atomic E-state index is 0.591. The first kappa shape index (κ1) is 11.9. The maximum absolute atomic E-state index is 6.03. The van der Waals surface area contributed by atoms with Crippen LogP contribution in [-0.4, -0.2) is 7.11 Å². The second-order valence-corrected chi connectivity index (χ2v) is 4.14. The third-order valence-electron chi connectivity index (χ3n) is 2.57. The van der Waals surface area contributed by atoms with Gasteiger partial charge < -0.3 is 14.5 Å². The van der Waals surface area contributed by atoms with Gasteiger partial charge in [0.1, 0.15) is 11.5 Å². The molecule has 2 aromatic rings. The van der Waals surface area contributed by atoms with Crippen LogP contribution >= 0.6 is 11.6 Å². The van der Waals surface area contributed by atoms with Crippen LogP contribution in [0.2, 0.25) is 5.02 Å². The summed E-state index contributed by atoms with van der Waals surface area (Å²) in [7, 11) is 1.60. The lowest BCUT2D eigenvalue weighted by Gasteiger charge is -2.08. The van der Waals surface area contributed by atoms with Gasteiger partial charge in [-0.3, -0.25) is 0 Å². The number of nitrogens with one attached hydrogen (secondary N) is 1. The van der Waals surface area contributed by atoms with E-state index in [0.29, 0.717) is 17.3 Å². The van der Waals surface area contributed by atoms with Crippen molar-refractivity contribution in [3.05, 3.63) is 46.9 Å². The number of benzene rings is 1. The van der Waals surface area contributed by atoms with Gasteiger partial charge in [0.25, 0.3) is 0 Å². The average Bonchev–Trinajstić information content (AvgIpc) is 2.72. The lowest BCUT2D eigenvalue weighted by atomic mass is 10.2. The number of ether oxygens (including phenoxy) is 1. The monoisotopic (exact) mass is 251 g/mol. The first-order valence-corrected chi connectivity index (χ1v) is 5.69. The summed E-state index contributed by atoms with van der Waals surface area (Å²) >= 11 is 6.03. The summed E-state index contributed by atoms with van der Waals surface area (Å²) in [5.74, 6) is 1.60. The van der Waals surface area contributed by atoms with E-state index >= 15 is 0 Å². The highest BCUT2D eigenvalue weighted by Crippen LogP contribution is 2.27. The molecule has 0 amide bonds. The van der Waals surface area contributed by atoms with Gasteiger partial charge in [-0.15, -0.1) is 0 Å². The van der Waals surface area contributed by atoms with Crippen LogP contribution < -0.4 is 10.1 Å². The Morgan fingerprint density at radius 1 is 1.35 bits per heavy atom. The van der Waals surface area contributed by atoms with Gasteiger partial charge in [-0.2, -0.15) is 0 Å². The minimum Gasteiger partial charge on any atom is -0.495 e. The van der Waals surface area contributed by atoms with E-state index in [9.17, 15) is 0 Å². The Balaban J connectivity index is 2.05. The van der Waals surface area contributed by atoms with Crippen molar-refractivity contribution in [3.8, 4) is 5.75 Å². The largest absolute Gasteiger partial charge is 0.495 e. The van der Waals surface area contributed by atoms with E-state index in [1.807, 2.05) is 31.2 Å². The van der Waals surface area contributed by atoms with E-state index in [1.54, 1.807) is 13.4 Å². The molecule has 0 saturated carbocycles. The first-order chi connectivity index (χ1) is 8.20. The zero-order chi connectivity index (χ0) is 12.3. The molecule has 0 bridgehead atoms. The molecule has 1 aromatic heterocycles. The molecule has 3 nitrogen and oxygen atoms in total. The lowest BCUT2D eigenvalue weighted by molar-refractivity contribution is 0.415. The molecule has 1 heterocycles. The molecule has 1 N–H and O–H groups in total. The van der Waals surface area contributed by atoms with Gasteiger partial charge >= 0.3 is 0 Å². The number of hydrogen-bond acceptors (Lipinski definition) is 3. The molecule has 0 radical (unpaired) electrons. The van der Waals surface area contributed by atoms with E-state index in [0.717, 1.165) is 17.0 Å². The fraction of sp³-hybridized carbons (Fsp3) is 0.231. The van der Waals surface area contributed by atoms with Crippen LogP contribution in [0, 0.1) is 6.92 Å². The van der Waals surface area contributed by atoms with Crippen molar-refractivity contribution in [2.24, 2.45) is 0 Å². The van der Waals surface area contributed by atoms with Crippen LogP contribution in [0.4, 0.5) is 5.69 Å². The standard InChI is InChI=1S/C13H14ClNO2/c1-9-5-6-17-13(9)8-15-10-3-4-12(16-2)11(14)7-10/h3-7,15H,8H2,1-2H3. The van der Waals surface area contributed by atoms with Crippen LogP contribution in [0.3, 0.4) is 0 Å². The number of methoxy groups -OCH3 is 1. The molecule has 0 aliphatic heterocycles. The van der Waals surface area contributed by atoms with Crippen LogP contribution in [0.25, 0.3) is 0 Å². The van der Waals surface area contributed by atoms with E-state index < -0.39 is 0 Å². The van der Waals surface area contributed by atoms with Gasteiger partial charge in [0.05, 0.1) is 24.9 Å². The summed E-state index contributed by atoms with van der Waals surface area (Å²) in [6.07, 6.45) is 1.69. The van der Waals surface area contributed by atoms with E-state index in [4.69, 9.17) is 20.8 Å². The topological polar surface area (TPSA) is 34.4 Å². The molecule has 0 atom stereocenters. The molecular weight excluding hydrogens is 238 g/mol. The van der Waals surface area contributed by atoms with Crippen molar-refractivity contribution in [1.82, 2.24) is 0 Å². The predicted molar refractivity (Wildman–Crippen MR) is 68.8 cm³/mol. The van der Waals surface area contributed by atoms with Crippen molar-refractivity contribution in [2.75, 3.05) is 12.4 Å². The Morgan fingerprint density at radius 3 is 2.76 bits per heavy atom. The van der Waals surface area contributed by atoms with Crippen LogP contribution in [0.5, 0.6) is 5.75 Å². The normalized spacial score (nSPS) is 10.3. The van der Waals surface area contributed by atoms with E-state index in [1.165, 1.54) is 0 Å². The van der Waals surface area contributed by atoms with Gasteiger partial charge in [0.15, 0.2) is 0 Å². The van der Waals surface area contributed by atoms with Gasteiger partial charge in [0.2, 0.25) is 0 Å². The number of rotatable bonds is 4. The molecule has 2 rings (SSSR count). The number of hydrogen-bond donors (Lipinski definition) is 1. The average molecular weight is 252 g/mol. The van der Waals surface area contributed by atoms with E-state index in [-0.39, 0.29) is 0 Å². The second-order valence-electron chi connectivity index (χ2n) is 3.73. The maximum Gasteiger partial charge on any atom is 0.137 e. The molecule has 1 aromatic carbocycles. The molecule has 0 spiro atoms. The zero-order valence-corrected chi connectivity index (χ0v) is 10.5. The highest BCUT2D eigenvalue weighted by Gasteiger charge is 2.04. The first-order valence-electron chi connectivity index (χ1n) is 5.31. The van der Waals surface area contributed by atoms with Crippen LogP contribution in [0.15, 0.2) is 34.9 Å². The Hall–Kier alpha value is -1.61. The molecule has 0 fully saturated rings. The molecule has 17 heavy (non-hydrogen) atoms. The van der Waals surface area contributed by atoms with Crippen molar-refractivity contribution >= 4 is 17.3 Å². The highest BCUT2D eigenvalue weighted by molar-refractivity contribution is 6.32. The summed E-state index contributed by atoms with van der Waals surface area (Å²) in [4.78, 5) is 0. The number of halogens is 1. The number of furan rings is 1. The maximum atomic E-state index is 6.03. The predicted octanol–water partition coefficient (Wildman–Crippen LogP) is 3.86. The SMILES string of the molecule is COc1ccc(NCc2occc2C)cc1Cl. The summed E-state index contributed by atoms with van der Waals surface area (Å²) < 4.78 is 10.4. The molecule has 0 saturated heterocycles.